The van der Waals surface area contributed by atoms with Crippen LogP contribution in [-0.2, 0) is 11.3 Å². The Morgan fingerprint density at radius 1 is 1.41 bits per heavy atom. The Morgan fingerprint density at radius 2 is 2.24 bits per heavy atom. The van der Waals surface area contributed by atoms with Gasteiger partial charge in [-0.25, -0.2) is 0 Å². The third kappa shape index (κ3) is 4.02. The zero-order valence-electron chi connectivity index (χ0n) is 9.79. The SMILES string of the molecule is O=C(CCN1CCC1)NCc1cccc(Cl)c1. The van der Waals surface area contributed by atoms with Crippen LogP contribution in [0.1, 0.15) is 18.4 Å². The summed E-state index contributed by atoms with van der Waals surface area (Å²) in [5, 5.41) is 3.61. The number of rotatable bonds is 5. The number of hydrogen-bond donors (Lipinski definition) is 1. The number of amides is 1. The van der Waals surface area contributed by atoms with Crippen molar-refractivity contribution in [2.75, 3.05) is 19.6 Å². The van der Waals surface area contributed by atoms with E-state index in [4.69, 9.17) is 11.6 Å². The first-order chi connectivity index (χ1) is 8.24. The first-order valence-electron chi connectivity index (χ1n) is 5.97. The predicted molar refractivity (Wildman–Crippen MR) is 69.0 cm³/mol. The van der Waals surface area contributed by atoms with E-state index in [0.717, 1.165) is 25.2 Å². The molecule has 1 aromatic rings. The quantitative estimate of drug-likeness (QED) is 0.870. The van der Waals surface area contributed by atoms with Gasteiger partial charge in [0.15, 0.2) is 0 Å². The van der Waals surface area contributed by atoms with Crippen LogP contribution in [0.15, 0.2) is 24.3 Å². The van der Waals surface area contributed by atoms with Gasteiger partial charge in [-0.15, -0.1) is 0 Å². The molecule has 0 atom stereocenters. The van der Waals surface area contributed by atoms with Gasteiger partial charge < -0.3 is 10.2 Å². The summed E-state index contributed by atoms with van der Waals surface area (Å²) in [4.78, 5) is 13.9. The van der Waals surface area contributed by atoms with Gasteiger partial charge in [-0.3, -0.25) is 4.79 Å². The second-order valence-electron chi connectivity index (χ2n) is 4.35. The summed E-state index contributed by atoms with van der Waals surface area (Å²) < 4.78 is 0. The van der Waals surface area contributed by atoms with E-state index >= 15 is 0 Å². The average molecular weight is 253 g/mol. The molecule has 1 aromatic carbocycles. The lowest BCUT2D eigenvalue weighted by Crippen LogP contribution is -2.39. The van der Waals surface area contributed by atoms with Crippen molar-refractivity contribution in [1.82, 2.24) is 10.2 Å². The second kappa shape index (κ2) is 6.03. The Morgan fingerprint density at radius 3 is 2.88 bits per heavy atom. The van der Waals surface area contributed by atoms with Crippen molar-refractivity contribution < 1.29 is 4.79 Å². The topological polar surface area (TPSA) is 32.3 Å². The van der Waals surface area contributed by atoms with Crippen LogP contribution >= 0.6 is 11.6 Å². The molecule has 2 rings (SSSR count). The van der Waals surface area contributed by atoms with E-state index in [-0.39, 0.29) is 5.91 Å². The second-order valence-corrected chi connectivity index (χ2v) is 4.79. The summed E-state index contributed by atoms with van der Waals surface area (Å²) in [6.45, 7) is 3.71. The number of nitrogens with one attached hydrogen (secondary N) is 1. The Bertz CT molecular complexity index is 391. The number of benzene rings is 1. The van der Waals surface area contributed by atoms with Crippen LogP contribution in [0.3, 0.4) is 0 Å². The number of halogens is 1. The van der Waals surface area contributed by atoms with Gasteiger partial charge in [0.25, 0.3) is 0 Å². The zero-order chi connectivity index (χ0) is 12.1. The van der Waals surface area contributed by atoms with E-state index in [0.29, 0.717) is 18.0 Å². The molecule has 17 heavy (non-hydrogen) atoms. The molecule has 1 heterocycles. The third-order valence-electron chi connectivity index (χ3n) is 2.98. The molecule has 1 fully saturated rings. The summed E-state index contributed by atoms with van der Waals surface area (Å²) in [6, 6.07) is 7.56. The smallest absolute Gasteiger partial charge is 0.221 e. The van der Waals surface area contributed by atoms with E-state index in [9.17, 15) is 4.79 Å². The van der Waals surface area contributed by atoms with Gasteiger partial charge >= 0.3 is 0 Å². The number of nitrogens with zero attached hydrogens (tertiary/aromatic N) is 1. The molecular weight excluding hydrogens is 236 g/mol. The van der Waals surface area contributed by atoms with Crippen molar-refractivity contribution in [1.29, 1.82) is 0 Å². The highest BCUT2D eigenvalue weighted by atomic mass is 35.5. The average Bonchev–Trinajstić information content (AvgIpc) is 2.24. The van der Waals surface area contributed by atoms with Crippen molar-refractivity contribution >= 4 is 17.5 Å². The predicted octanol–water partition coefficient (Wildman–Crippen LogP) is 2.05. The highest BCUT2D eigenvalue weighted by Crippen LogP contribution is 2.10. The molecule has 0 aromatic heterocycles. The molecule has 0 spiro atoms. The lowest BCUT2D eigenvalue weighted by atomic mass is 10.2. The molecule has 4 heteroatoms. The standard InChI is InChI=1S/C13H17ClN2O/c14-12-4-1-3-11(9-12)10-15-13(17)5-8-16-6-2-7-16/h1,3-4,9H,2,5-8,10H2,(H,15,17). The minimum atomic E-state index is 0.108. The lowest BCUT2D eigenvalue weighted by molar-refractivity contribution is -0.121. The Balaban J connectivity index is 1.68. The van der Waals surface area contributed by atoms with Gasteiger partial charge in [-0.05, 0) is 37.2 Å². The van der Waals surface area contributed by atoms with Gasteiger partial charge in [-0.1, -0.05) is 23.7 Å². The van der Waals surface area contributed by atoms with Crippen molar-refractivity contribution in [3.8, 4) is 0 Å². The number of carbonyl (C=O) groups excluding carboxylic acids is 1. The molecule has 0 unspecified atom stereocenters. The summed E-state index contributed by atoms with van der Waals surface area (Å²) in [5.74, 6) is 0.108. The summed E-state index contributed by atoms with van der Waals surface area (Å²) >= 11 is 5.87. The zero-order valence-corrected chi connectivity index (χ0v) is 10.5. The van der Waals surface area contributed by atoms with Crippen LogP contribution in [0.5, 0.6) is 0 Å². The monoisotopic (exact) mass is 252 g/mol. The number of carbonyl (C=O) groups is 1. The maximum Gasteiger partial charge on any atom is 0.221 e. The summed E-state index contributed by atoms with van der Waals surface area (Å²) in [7, 11) is 0. The molecular formula is C13H17ClN2O. The highest BCUT2D eigenvalue weighted by Gasteiger charge is 2.14. The molecule has 0 aliphatic carbocycles. The van der Waals surface area contributed by atoms with Crippen molar-refractivity contribution in [2.24, 2.45) is 0 Å². The van der Waals surface area contributed by atoms with E-state index in [1.165, 1.54) is 6.42 Å². The van der Waals surface area contributed by atoms with Crippen molar-refractivity contribution in [2.45, 2.75) is 19.4 Å². The molecule has 1 N–H and O–H groups in total. The van der Waals surface area contributed by atoms with Gasteiger partial charge in [-0.2, -0.15) is 0 Å². The van der Waals surface area contributed by atoms with Gasteiger partial charge in [0.05, 0.1) is 0 Å². The van der Waals surface area contributed by atoms with Crippen LogP contribution in [0.2, 0.25) is 5.02 Å². The summed E-state index contributed by atoms with van der Waals surface area (Å²) in [5.41, 5.74) is 1.04. The molecule has 0 saturated carbocycles. The fourth-order valence-electron chi connectivity index (χ4n) is 1.80. The van der Waals surface area contributed by atoms with Crippen LogP contribution in [0.25, 0.3) is 0 Å². The van der Waals surface area contributed by atoms with Gasteiger partial charge in [0.2, 0.25) is 5.91 Å². The van der Waals surface area contributed by atoms with Gasteiger partial charge in [0.1, 0.15) is 0 Å². The van der Waals surface area contributed by atoms with Crippen LogP contribution in [0.4, 0.5) is 0 Å². The lowest BCUT2D eigenvalue weighted by Gasteiger charge is -2.30. The third-order valence-corrected chi connectivity index (χ3v) is 3.22. The maximum atomic E-state index is 11.6. The summed E-state index contributed by atoms with van der Waals surface area (Å²) in [6.07, 6.45) is 1.85. The molecule has 92 valence electrons. The van der Waals surface area contributed by atoms with Crippen LogP contribution < -0.4 is 5.32 Å². The highest BCUT2D eigenvalue weighted by molar-refractivity contribution is 6.30. The normalized spacial score (nSPS) is 15.4. The Labute approximate surface area is 107 Å². The molecule has 1 amide bonds. The first kappa shape index (κ1) is 12.4. The minimum Gasteiger partial charge on any atom is -0.352 e. The van der Waals surface area contributed by atoms with Crippen molar-refractivity contribution in [3.05, 3.63) is 34.9 Å². The Kier molecular flexibility index (Phi) is 4.40. The molecule has 3 nitrogen and oxygen atoms in total. The molecule has 1 saturated heterocycles. The van der Waals surface area contributed by atoms with E-state index in [1.807, 2.05) is 24.3 Å². The molecule has 1 aliphatic heterocycles. The maximum absolute atomic E-state index is 11.6. The number of hydrogen-bond acceptors (Lipinski definition) is 2. The van der Waals surface area contributed by atoms with Crippen molar-refractivity contribution in [3.63, 3.8) is 0 Å². The minimum absolute atomic E-state index is 0.108. The molecule has 0 bridgehead atoms. The first-order valence-corrected chi connectivity index (χ1v) is 6.35. The number of likely N-dealkylation sites (tertiary alicyclic amines) is 1. The van der Waals surface area contributed by atoms with E-state index in [2.05, 4.69) is 10.2 Å². The van der Waals surface area contributed by atoms with Crippen LogP contribution in [0, 0.1) is 0 Å². The van der Waals surface area contributed by atoms with Gasteiger partial charge in [0, 0.05) is 24.5 Å². The molecule has 0 radical (unpaired) electrons. The van der Waals surface area contributed by atoms with Crippen LogP contribution in [-0.4, -0.2) is 30.4 Å². The fourth-order valence-corrected chi connectivity index (χ4v) is 2.01. The largest absolute Gasteiger partial charge is 0.352 e. The Hall–Kier alpha value is -1.06. The van der Waals surface area contributed by atoms with E-state index < -0.39 is 0 Å². The van der Waals surface area contributed by atoms with E-state index in [1.54, 1.807) is 0 Å². The fraction of sp³-hybridized carbons (Fsp3) is 0.462. The molecule has 1 aliphatic rings.